The number of benzene rings is 1. The Balaban J connectivity index is 1.97. The second-order valence-electron chi connectivity index (χ2n) is 5.04. The van der Waals surface area contributed by atoms with Gasteiger partial charge in [0.25, 0.3) is 5.91 Å². The van der Waals surface area contributed by atoms with E-state index in [1.807, 2.05) is 6.07 Å². The van der Waals surface area contributed by atoms with Gasteiger partial charge >= 0.3 is 0 Å². The van der Waals surface area contributed by atoms with Crippen LogP contribution >= 0.6 is 0 Å². The van der Waals surface area contributed by atoms with Crippen LogP contribution in [-0.2, 0) is 10.4 Å². The lowest BCUT2D eigenvalue weighted by atomic mass is 9.97. The molecule has 1 aliphatic heterocycles. The van der Waals surface area contributed by atoms with E-state index in [0.717, 1.165) is 5.56 Å². The Kier molecular flexibility index (Phi) is 2.76. The molecule has 3 N–H and O–H groups in total. The van der Waals surface area contributed by atoms with Crippen molar-refractivity contribution >= 4 is 11.6 Å². The van der Waals surface area contributed by atoms with Crippen LogP contribution in [0.15, 0.2) is 34.9 Å². The van der Waals surface area contributed by atoms with Gasteiger partial charge in [0.1, 0.15) is 5.69 Å². The van der Waals surface area contributed by atoms with E-state index >= 15 is 0 Å². The molecule has 1 atom stereocenters. The molecule has 3 rings (SSSR count). The number of nitrogens with zero attached hydrogens (tertiary/aromatic N) is 2. The fourth-order valence-electron chi connectivity index (χ4n) is 2.39. The SMILES string of the molecule is CN1CC[C@@](O)(c2cc(-c3cccc(N)c3)on2)C1=O. The van der Waals surface area contributed by atoms with Crippen molar-refractivity contribution in [3.05, 3.63) is 36.0 Å². The number of likely N-dealkylation sites (tertiary alicyclic amines) is 1. The molecule has 6 nitrogen and oxygen atoms in total. The average Bonchev–Trinajstić information content (AvgIpc) is 3.02. The highest BCUT2D eigenvalue weighted by molar-refractivity contribution is 5.88. The second-order valence-corrected chi connectivity index (χ2v) is 5.04. The van der Waals surface area contributed by atoms with Crippen molar-refractivity contribution in [1.82, 2.24) is 10.1 Å². The third-order valence-electron chi connectivity index (χ3n) is 3.61. The maximum atomic E-state index is 12.0. The lowest BCUT2D eigenvalue weighted by Crippen LogP contribution is -2.36. The van der Waals surface area contributed by atoms with E-state index in [2.05, 4.69) is 5.16 Å². The van der Waals surface area contributed by atoms with Crippen LogP contribution in [0.4, 0.5) is 5.69 Å². The van der Waals surface area contributed by atoms with E-state index < -0.39 is 5.60 Å². The average molecular weight is 273 g/mol. The number of carbonyl (C=O) groups is 1. The number of nitrogen functional groups attached to an aromatic ring is 1. The quantitative estimate of drug-likeness (QED) is 0.795. The van der Waals surface area contributed by atoms with Gasteiger partial charge in [-0.2, -0.15) is 0 Å². The normalized spacial score (nSPS) is 22.5. The zero-order chi connectivity index (χ0) is 14.3. The smallest absolute Gasteiger partial charge is 0.260 e. The molecule has 1 amide bonds. The summed E-state index contributed by atoms with van der Waals surface area (Å²) in [5.41, 5.74) is 5.74. The van der Waals surface area contributed by atoms with E-state index in [1.165, 1.54) is 4.90 Å². The molecule has 0 unspecified atom stereocenters. The summed E-state index contributed by atoms with van der Waals surface area (Å²) in [6.45, 7) is 0.496. The second kappa shape index (κ2) is 4.35. The van der Waals surface area contributed by atoms with Gasteiger partial charge in [-0.1, -0.05) is 17.3 Å². The first-order valence-electron chi connectivity index (χ1n) is 6.32. The molecular weight excluding hydrogens is 258 g/mol. The summed E-state index contributed by atoms with van der Waals surface area (Å²) in [7, 11) is 1.65. The molecule has 0 saturated carbocycles. The Bertz CT molecular complexity index is 667. The Labute approximate surface area is 115 Å². The molecule has 0 radical (unpaired) electrons. The lowest BCUT2D eigenvalue weighted by molar-refractivity contribution is -0.143. The van der Waals surface area contributed by atoms with Gasteiger partial charge in [-0.3, -0.25) is 4.79 Å². The van der Waals surface area contributed by atoms with Gasteiger partial charge in [-0.05, 0) is 12.1 Å². The third kappa shape index (κ3) is 1.85. The van der Waals surface area contributed by atoms with Crippen molar-refractivity contribution in [2.75, 3.05) is 19.3 Å². The lowest BCUT2D eigenvalue weighted by Gasteiger charge is -2.16. The highest BCUT2D eigenvalue weighted by Crippen LogP contribution is 2.34. The predicted octanol–water partition coefficient (Wildman–Crippen LogP) is 0.974. The predicted molar refractivity (Wildman–Crippen MR) is 72.5 cm³/mol. The standard InChI is InChI=1S/C14H15N3O3/c1-17-6-5-14(19,13(17)18)12-8-11(20-16-12)9-3-2-4-10(15)7-9/h2-4,7-8,19H,5-6,15H2,1H3/t14-/m1/s1. The maximum Gasteiger partial charge on any atom is 0.260 e. The van der Waals surface area contributed by atoms with Gasteiger partial charge in [0.05, 0.1) is 0 Å². The molecule has 2 heterocycles. The van der Waals surface area contributed by atoms with Crippen LogP contribution in [0, 0.1) is 0 Å². The number of nitrogens with two attached hydrogens (primary N) is 1. The molecule has 2 aromatic rings. The summed E-state index contributed by atoms with van der Waals surface area (Å²) >= 11 is 0. The topological polar surface area (TPSA) is 92.6 Å². The molecule has 0 aliphatic carbocycles. The van der Waals surface area contributed by atoms with Crippen LogP contribution in [0.5, 0.6) is 0 Å². The first-order chi connectivity index (χ1) is 9.50. The van der Waals surface area contributed by atoms with Gasteiger partial charge < -0.3 is 20.3 Å². The van der Waals surface area contributed by atoms with Gasteiger partial charge in [0.15, 0.2) is 11.4 Å². The van der Waals surface area contributed by atoms with E-state index in [-0.39, 0.29) is 11.6 Å². The van der Waals surface area contributed by atoms with Crippen molar-refractivity contribution < 1.29 is 14.4 Å². The molecule has 0 bridgehead atoms. The van der Waals surface area contributed by atoms with Crippen molar-refractivity contribution in [3.63, 3.8) is 0 Å². The summed E-state index contributed by atoms with van der Waals surface area (Å²) in [5, 5.41) is 14.3. The number of likely N-dealkylation sites (N-methyl/N-ethyl adjacent to an activating group) is 1. The van der Waals surface area contributed by atoms with E-state index in [0.29, 0.717) is 24.4 Å². The minimum absolute atomic E-state index is 0.240. The van der Waals surface area contributed by atoms with Crippen molar-refractivity contribution in [2.45, 2.75) is 12.0 Å². The highest BCUT2D eigenvalue weighted by atomic mass is 16.5. The Morgan fingerprint density at radius 1 is 1.45 bits per heavy atom. The minimum Gasteiger partial charge on any atom is -0.399 e. The zero-order valence-corrected chi connectivity index (χ0v) is 11.0. The Hall–Kier alpha value is -2.34. The van der Waals surface area contributed by atoms with Crippen molar-refractivity contribution in [1.29, 1.82) is 0 Å². The zero-order valence-electron chi connectivity index (χ0n) is 11.0. The first-order valence-corrected chi connectivity index (χ1v) is 6.32. The molecule has 6 heteroatoms. The van der Waals surface area contributed by atoms with E-state index in [4.69, 9.17) is 10.3 Å². The molecule has 1 saturated heterocycles. The summed E-state index contributed by atoms with van der Waals surface area (Å²) < 4.78 is 5.23. The van der Waals surface area contributed by atoms with Crippen LogP contribution in [0.3, 0.4) is 0 Å². The molecular formula is C14H15N3O3. The number of aromatic nitrogens is 1. The van der Waals surface area contributed by atoms with E-state index in [9.17, 15) is 9.90 Å². The molecule has 20 heavy (non-hydrogen) atoms. The summed E-state index contributed by atoms with van der Waals surface area (Å²) in [4.78, 5) is 13.5. The molecule has 1 aromatic carbocycles. The van der Waals surface area contributed by atoms with Gasteiger partial charge in [-0.15, -0.1) is 0 Å². The largest absolute Gasteiger partial charge is 0.399 e. The van der Waals surface area contributed by atoms with Crippen molar-refractivity contribution in [3.8, 4) is 11.3 Å². The summed E-state index contributed by atoms with van der Waals surface area (Å²) in [6, 6.07) is 8.73. The van der Waals surface area contributed by atoms with Crippen molar-refractivity contribution in [2.24, 2.45) is 0 Å². The highest BCUT2D eigenvalue weighted by Gasteiger charge is 2.47. The molecule has 104 valence electrons. The summed E-state index contributed by atoms with van der Waals surface area (Å²) in [6.07, 6.45) is 0.311. The van der Waals surface area contributed by atoms with Gasteiger partial charge in [0.2, 0.25) is 0 Å². The number of anilines is 1. The fourth-order valence-corrected chi connectivity index (χ4v) is 2.39. The third-order valence-corrected chi connectivity index (χ3v) is 3.61. The monoisotopic (exact) mass is 273 g/mol. The molecule has 0 spiro atoms. The first kappa shape index (κ1) is 12.7. The van der Waals surface area contributed by atoms with Crippen LogP contribution in [0.25, 0.3) is 11.3 Å². The maximum absolute atomic E-state index is 12.0. The molecule has 1 fully saturated rings. The minimum atomic E-state index is -1.59. The summed E-state index contributed by atoms with van der Waals surface area (Å²) in [5.74, 6) is 0.119. The van der Waals surface area contributed by atoms with Gasteiger partial charge in [0, 0.05) is 37.3 Å². The van der Waals surface area contributed by atoms with Crippen LogP contribution < -0.4 is 5.73 Å². The van der Waals surface area contributed by atoms with Crippen LogP contribution in [0.2, 0.25) is 0 Å². The number of amides is 1. The number of hydrogen-bond acceptors (Lipinski definition) is 5. The van der Waals surface area contributed by atoms with Crippen LogP contribution in [0.1, 0.15) is 12.1 Å². The molecule has 1 aliphatic rings. The Morgan fingerprint density at radius 3 is 2.90 bits per heavy atom. The van der Waals surface area contributed by atoms with Crippen LogP contribution in [-0.4, -0.2) is 34.7 Å². The number of carbonyl (C=O) groups excluding carboxylic acids is 1. The Morgan fingerprint density at radius 2 is 2.25 bits per heavy atom. The molecule has 1 aromatic heterocycles. The number of aliphatic hydroxyl groups is 1. The van der Waals surface area contributed by atoms with E-state index in [1.54, 1.807) is 31.3 Å². The van der Waals surface area contributed by atoms with Gasteiger partial charge in [-0.25, -0.2) is 0 Å². The number of rotatable bonds is 2. The fraction of sp³-hybridized carbons (Fsp3) is 0.286. The number of hydrogen-bond donors (Lipinski definition) is 2.